The molecule has 0 saturated carbocycles. The van der Waals surface area contributed by atoms with Gasteiger partial charge in [0.25, 0.3) is 0 Å². The van der Waals surface area contributed by atoms with Gasteiger partial charge in [-0.3, -0.25) is 0 Å². The van der Waals surface area contributed by atoms with Gasteiger partial charge in [-0.05, 0) is 25.2 Å². The zero-order valence-corrected chi connectivity index (χ0v) is 9.93. The normalized spacial score (nSPS) is 11.4. The highest BCUT2D eigenvalue weighted by molar-refractivity contribution is 5.69. The molecule has 2 aromatic heterocycles. The Morgan fingerprint density at radius 2 is 2.06 bits per heavy atom. The topological polar surface area (TPSA) is 34.0 Å². The first-order chi connectivity index (χ1) is 7.85. The fourth-order valence-corrected chi connectivity index (χ4v) is 1.85. The van der Waals surface area contributed by atoms with Crippen molar-refractivity contribution in [1.29, 1.82) is 0 Å². The van der Waals surface area contributed by atoms with Crippen molar-refractivity contribution in [1.82, 2.24) is 19.4 Å². The second-order valence-electron chi connectivity index (χ2n) is 3.81. The number of imidazole rings is 1. The van der Waals surface area contributed by atoms with E-state index >= 15 is 0 Å². The lowest BCUT2D eigenvalue weighted by molar-refractivity contribution is 0.291. The monoisotopic (exact) mass is 218 g/mol. The van der Waals surface area contributed by atoms with Gasteiger partial charge in [0.1, 0.15) is 5.52 Å². The Labute approximate surface area is 95.9 Å². The summed E-state index contributed by atoms with van der Waals surface area (Å²) >= 11 is 0. The first kappa shape index (κ1) is 11.1. The number of rotatable bonds is 5. The molecule has 0 N–H and O–H groups in total. The Hall–Kier alpha value is -1.42. The van der Waals surface area contributed by atoms with E-state index in [4.69, 9.17) is 0 Å². The van der Waals surface area contributed by atoms with Crippen molar-refractivity contribution in [3.63, 3.8) is 0 Å². The molecule has 0 saturated heterocycles. The lowest BCUT2D eigenvalue weighted by Gasteiger charge is -2.17. The van der Waals surface area contributed by atoms with Crippen LogP contribution in [0.25, 0.3) is 11.2 Å². The van der Waals surface area contributed by atoms with Crippen molar-refractivity contribution in [3.8, 4) is 0 Å². The average molecular weight is 218 g/mol. The largest absolute Gasteiger partial charge is 0.314 e. The van der Waals surface area contributed by atoms with Crippen LogP contribution in [0.1, 0.15) is 13.8 Å². The summed E-state index contributed by atoms with van der Waals surface area (Å²) in [5, 5.41) is 0. The Morgan fingerprint density at radius 1 is 1.25 bits per heavy atom. The van der Waals surface area contributed by atoms with Crippen LogP contribution in [0.5, 0.6) is 0 Å². The summed E-state index contributed by atoms with van der Waals surface area (Å²) in [4.78, 5) is 11.1. The minimum atomic E-state index is 0.954. The number of hydrogen-bond donors (Lipinski definition) is 0. The Kier molecular flexibility index (Phi) is 3.51. The van der Waals surface area contributed by atoms with Crippen LogP contribution in [-0.2, 0) is 6.54 Å². The maximum absolute atomic E-state index is 4.35. The van der Waals surface area contributed by atoms with Crippen molar-refractivity contribution < 1.29 is 0 Å². The third-order valence-electron chi connectivity index (χ3n) is 2.93. The van der Waals surface area contributed by atoms with Gasteiger partial charge in [-0.2, -0.15) is 0 Å². The van der Waals surface area contributed by atoms with Gasteiger partial charge in [-0.25, -0.2) is 9.97 Å². The van der Waals surface area contributed by atoms with Crippen LogP contribution in [0.3, 0.4) is 0 Å². The molecule has 0 radical (unpaired) electrons. The third kappa shape index (κ3) is 2.22. The number of nitrogens with zero attached hydrogens (tertiary/aromatic N) is 4. The predicted octanol–water partition coefficient (Wildman–Crippen LogP) is 1.77. The van der Waals surface area contributed by atoms with Crippen molar-refractivity contribution in [3.05, 3.63) is 24.7 Å². The quantitative estimate of drug-likeness (QED) is 0.767. The van der Waals surface area contributed by atoms with Gasteiger partial charge in [-0.1, -0.05) is 13.8 Å². The third-order valence-corrected chi connectivity index (χ3v) is 2.93. The molecule has 0 amide bonds. The van der Waals surface area contributed by atoms with Gasteiger partial charge in [-0.15, -0.1) is 0 Å². The average Bonchev–Trinajstić information content (AvgIpc) is 2.74. The Balaban J connectivity index is 2.09. The molecule has 0 aliphatic rings. The minimum absolute atomic E-state index is 0.954. The summed E-state index contributed by atoms with van der Waals surface area (Å²) in [5.74, 6) is 0. The summed E-state index contributed by atoms with van der Waals surface area (Å²) in [6.45, 7) is 8.57. The van der Waals surface area contributed by atoms with Gasteiger partial charge in [0, 0.05) is 19.3 Å². The molecule has 0 unspecified atom stereocenters. The van der Waals surface area contributed by atoms with Crippen LogP contribution in [0.4, 0.5) is 0 Å². The lowest BCUT2D eigenvalue weighted by Crippen LogP contribution is -2.26. The van der Waals surface area contributed by atoms with E-state index < -0.39 is 0 Å². The van der Waals surface area contributed by atoms with E-state index in [1.807, 2.05) is 24.7 Å². The Morgan fingerprint density at radius 3 is 2.81 bits per heavy atom. The Bertz CT molecular complexity index is 445. The number of likely N-dealkylation sites (N-methyl/N-ethyl adjacent to an activating group) is 1. The van der Waals surface area contributed by atoms with Crippen molar-refractivity contribution >= 4 is 11.2 Å². The fraction of sp³-hybridized carbons (Fsp3) is 0.500. The van der Waals surface area contributed by atoms with E-state index in [9.17, 15) is 0 Å². The summed E-state index contributed by atoms with van der Waals surface area (Å²) in [6.07, 6.45) is 3.69. The zero-order chi connectivity index (χ0) is 11.4. The van der Waals surface area contributed by atoms with E-state index in [1.165, 1.54) is 0 Å². The van der Waals surface area contributed by atoms with Crippen LogP contribution in [0.15, 0.2) is 24.7 Å². The molecule has 2 heterocycles. The molecule has 0 bridgehead atoms. The highest BCUT2D eigenvalue weighted by Gasteiger charge is 2.04. The molecular formula is C12H18N4. The molecule has 4 heteroatoms. The van der Waals surface area contributed by atoms with Crippen LogP contribution >= 0.6 is 0 Å². The van der Waals surface area contributed by atoms with Gasteiger partial charge in [0.2, 0.25) is 0 Å². The van der Waals surface area contributed by atoms with E-state index in [-0.39, 0.29) is 0 Å². The minimum Gasteiger partial charge on any atom is -0.314 e. The van der Waals surface area contributed by atoms with Gasteiger partial charge in [0.05, 0.1) is 6.33 Å². The van der Waals surface area contributed by atoms with Gasteiger partial charge < -0.3 is 9.47 Å². The molecule has 0 spiro atoms. The molecule has 0 fully saturated rings. The van der Waals surface area contributed by atoms with E-state index in [2.05, 4.69) is 33.3 Å². The molecule has 2 aromatic rings. The summed E-state index contributed by atoms with van der Waals surface area (Å²) < 4.78 is 2.12. The van der Waals surface area contributed by atoms with Crippen molar-refractivity contribution in [2.45, 2.75) is 20.4 Å². The molecule has 16 heavy (non-hydrogen) atoms. The highest BCUT2D eigenvalue weighted by atomic mass is 15.2. The maximum atomic E-state index is 4.35. The first-order valence-electron chi connectivity index (χ1n) is 5.83. The van der Waals surface area contributed by atoms with E-state index in [0.29, 0.717) is 0 Å². The second-order valence-corrected chi connectivity index (χ2v) is 3.81. The smallest absolute Gasteiger partial charge is 0.159 e. The van der Waals surface area contributed by atoms with Crippen LogP contribution < -0.4 is 0 Å². The first-order valence-corrected chi connectivity index (χ1v) is 5.83. The van der Waals surface area contributed by atoms with Crippen molar-refractivity contribution in [2.75, 3.05) is 19.6 Å². The predicted molar refractivity (Wildman–Crippen MR) is 65.3 cm³/mol. The molecule has 2 rings (SSSR count). The molecule has 0 aliphatic heterocycles. The molecule has 0 atom stereocenters. The summed E-state index contributed by atoms with van der Waals surface area (Å²) in [6, 6.07) is 3.92. The zero-order valence-electron chi connectivity index (χ0n) is 9.93. The standard InChI is InChI=1S/C12H18N4/c1-3-15(4-2)8-9-16-10-14-11-6-5-7-13-12(11)16/h5-7,10H,3-4,8-9H2,1-2H3. The SMILES string of the molecule is CCN(CC)CCn1cnc2cccnc21. The lowest BCUT2D eigenvalue weighted by atomic mass is 10.4. The fourth-order valence-electron chi connectivity index (χ4n) is 1.85. The molecule has 4 nitrogen and oxygen atoms in total. The van der Waals surface area contributed by atoms with Crippen LogP contribution in [0.2, 0.25) is 0 Å². The van der Waals surface area contributed by atoms with Crippen LogP contribution in [0, 0.1) is 0 Å². The molecule has 0 aliphatic carbocycles. The van der Waals surface area contributed by atoms with E-state index in [1.54, 1.807) is 0 Å². The van der Waals surface area contributed by atoms with E-state index in [0.717, 1.165) is 37.3 Å². The molecule has 86 valence electrons. The molecule has 0 aromatic carbocycles. The number of hydrogen-bond acceptors (Lipinski definition) is 3. The number of fused-ring (bicyclic) bond motifs is 1. The summed E-state index contributed by atoms with van der Waals surface area (Å²) in [7, 11) is 0. The number of pyridine rings is 1. The van der Waals surface area contributed by atoms with Gasteiger partial charge >= 0.3 is 0 Å². The number of aromatic nitrogens is 3. The van der Waals surface area contributed by atoms with Crippen molar-refractivity contribution in [2.24, 2.45) is 0 Å². The van der Waals surface area contributed by atoms with Crippen LogP contribution in [-0.4, -0.2) is 39.1 Å². The highest BCUT2D eigenvalue weighted by Crippen LogP contribution is 2.08. The summed E-state index contributed by atoms with van der Waals surface area (Å²) in [5.41, 5.74) is 1.96. The second kappa shape index (κ2) is 5.07. The maximum Gasteiger partial charge on any atom is 0.159 e. The molecular weight excluding hydrogens is 200 g/mol. The van der Waals surface area contributed by atoms with Gasteiger partial charge in [0.15, 0.2) is 5.65 Å².